The molecule has 20 heavy (non-hydrogen) atoms. The molecule has 0 aliphatic heterocycles. The van der Waals surface area contributed by atoms with Crippen molar-refractivity contribution in [1.29, 1.82) is 0 Å². The van der Waals surface area contributed by atoms with E-state index in [-0.39, 0.29) is 0 Å². The standard InChI is InChI=1S/C18H25NS/c1-3-5-12-20-14-18(19-4-2)17-11-10-15-8-6-7-9-16(15)13-17/h6-11,13,18-19H,3-5,12,14H2,1-2H3. The van der Waals surface area contributed by atoms with Gasteiger partial charge in [-0.3, -0.25) is 0 Å². The SMILES string of the molecule is CCCCSCC(NCC)c1ccc2ccccc2c1. The highest BCUT2D eigenvalue weighted by molar-refractivity contribution is 7.99. The lowest BCUT2D eigenvalue weighted by atomic mass is 10.0. The van der Waals surface area contributed by atoms with Gasteiger partial charge < -0.3 is 5.32 Å². The number of benzene rings is 2. The number of hydrogen-bond donors (Lipinski definition) is 1. The number of rotatable bonds is 8. The summed E-state index contributed by atoms with van der Waals surface area (Å²) in [5, 5.41) is 6.28. The normalized spacial score (nSPS) is 12.7. The second kappa shape index (κ2) is 8.33. The zero-order valence-corrected chi connectivity index (χ0v) is 13.4. The van der Waals surface area contributed by atoms with Crippen molar-refractivity contribution < 1.29 is 0 Å². The molecular weight excluding hydrogens is 262 g/mol. The summed E-state index contributed by atoms with van der Waals surface area (Å²) in [6.07, 6.45) is 2.61. The number of unbranched alkanes of at least 4 members (excludes halogenated alkanes) is 1. The zero-order valence-electron chi connectivity index (χ0n) is 12.6. The first kappa shape index (κ1) is 15.4. The lowest BCUT2D eigenvalue weighted by Crippen LogP contribution is -2.23. The van der Waals surface area contributed by atoms with Crippen molar-refractivity contribution in [3.8, 4) is 0 Å². The Morgan fingerprint density at radius 3 is 2.60 bits per heavy atom. The first-order valence-corrected chi connectivity index (χ1v) is 8.80. The fourth-order valence-corrected chi connectivity index (χ4v) is 3.60. The summed E-state index contributed by atoms with van der Waals surface area (Å²) in [7, 11) is 0. The maximum Gasteiger partial charge on any atom is 0.0411 e. The van der Waals surface area contributed by atoms with Crippen molar-refractivity contribution in [2.75, 3.05) is 18.1 Å². The first-order chi connectivity index (χ1) is 9.85. The highest BCUT2D eigenvalue weighted by Crippen LogP contribution is 2.23. The van der Waals surface area contributed by atoms with E-state index in [0.29, 0.717) is 6.04 Å². The van der Waals surface area contributed by atoms with Crippen LogP contribution >= 0.6 is 11.8 Å². The van der Waals surface area contributed by atoms with Crippen LogP contribution in [-0.4, -0.2) is 18.1 Å². The van der Waals surface area contributed by atoms with Crippen LogP contribution in [0.5, 0.6) is 0 Å². The molecule has 0 amide bonds. The Kier molecular flexibility index (Phi) is 6.41. The van der Waals surface area contributed by atoms with Gasteiger partial charge in [0, 0.05) is 11.8 Å². The van der Waals surface area contributed by atoms with Crippen LogP contribution in [0.15, 0.2) is 42.5 Å². The minimum absolute atomic E-state index is 0.464. The fourth-order valence-electron chi connectivity index (χ4n) is 2.39. The molecule has 0 aliphatic rings. The summed E-state index contributed by atoms with van der Waals surface area (Å²) in [5.41, 5.74) is 1.41. The van der Waals surface area contributed by atoms with Crippen LogP contribution in [0, 0.1) is 0 Å². The Balaban J connectivity index is 2.09. The van der Waals surface area contributed by atoms with Gasteiger partial charge in [0.25, 0.3) is 0 Å². The van der Waals surface area contributed by atoms with Crippen LogP contribution in [0.3, 0.4) is 0 Å². The third kappa shape index (κ3) is 4.26. The Bertz CT molecular complexity index is 524. The van der Waals surface area contributed by atoms with Crippen LogP contribution in [0.2, 0.25) is 0 Å². The summed E-state index contributed by atoms with van der Waals surface area (Å²) in [5.74, 6) is 2.43. The van der Waals surface area contributed by atoms with Crippen molar-refractivity contribution in [1.82, 2.24) is 5.32 Å². The van der Waals surface area contributed by atoms with E-state index in [9.17, 15) is 0 Å². The second-order valence-electron chi connectivity index (χ2n) is 5.15. The molecule has 1 atom stereocenters. The van der Waals surface area contributed by atoms with E-state index in [1.54, 1.807) is 0 Å². The molecule has 0 saturated heterocycles. The average Bonchev–Trinajstić information content (AvgIpc) is 2.50. The fraction of sp³-hybridized carbons (Fsp3) is 0.444. The lowest BCUT2D eigenvalue weighted by molar-refractivity contribution is 0.606. The molecule has 2 aromatic carbocycles. The van der Waals surface area contributed by atoms with Crippen molar-refractivity contribution in [2.45, 2.75) is 32.7 Å². The molecule has 1 N–H and O–H groups in total. The van der Waals surface area contributed by atoms with Gasteiger partial charge in [-0.05, 0) is 41.1 Å². The predicted octanol–water partition coefficient (Wildman–Crippen LogP) is 5.02. The summed E-state index contributed by atoms with van der Waals surface area (Å²) >= 11 is 2.06. The molecule has 2 rings (SSSR count). The van der Waals surface area contributed by atoms with Crippen LogP contribution in [0.1, 0.15) is 38.3 Å². The highest BCUT2D eigenvalue weighted by Gasteiger charge is 2.10. The molecule has 108 valence electrons. The van der Waals surface area contributed by atoms with E-state index in [1.165, 1.54) is 34.9 Å². The van der Waals surface area contributed by atoms with Gasteiger partial charge in [-0.1, -0.05) is 56.7 Å². The average molecular weight is 287 g/mol. The number of fused-ring (bicyclic) bond motifs is 1. The Morgan fingerprint density at radius 2 is 1.85 bits per heavy atom. The Morgan fingerprint density at radius 1 is 1.05 bits per heavy atom. The largest absolute Gasteiger partial charge is 0.310 e. The molecule has 2 aromatic rings. The number of thioether (sulfide) groups is 1. The molecule has 0 heterocycles. The van der Waals surface area contributed by atoms with Crippen molar-refractivity contribution in [3.63, 3.8) is 0 Å². The van der Waals surface area contributed by atoms with E-state index >= 15 is 0 Å². The quantitative estimate of drug-likeness (QED) is 0.684. The summed E-state index contributed by atoms with van der Waals surface area (Å²) in [6, 6.07) is 15.9. The van der Waals surface area contributed by atoms with Gasteiger partial charge in [0.15, 0.2) is 0 Å². The van der Waals surface area contributed by atoms with Gasteiger partial charge in [-0.25, -0.2) is 0 Å². The van der Waals surface area contributed by atoms with Gasteiger partial charge in [-0.15, -0.1) is 0 Å². The molecule has 0 aliphatic carbocycles. The maximum atomic E-state index is 3.62. The van der Waals surface area contributed by atoms with Gasteiger partial charge in [-0.2, -0.15) is 11.8 Å². The van der Waals surface area contributed by atoms with Crippen molar-refractivity contribution >= 4 is 22.5 Å². The van der Waals surface area contributed by atoms with Gasteiger partial charge >= 0.3 is 0 Å². The molecule has 0 saturated carbocycles. The van der Waals surface area contributed by atoms with E-state index in [0.717, 1.165) is 12.3 Å². The molecule has 0 spiro atoms. The van der Waals surface area contributed by atoms with Gasteiger partial charge in [0.1, 0.15) is 0 Å². The molecule has 0 radical (unpaired) electrons. The lowest BCUT2D eigenvalue weighted by Gasteiger charge is -2.18. The van der Waals surface area contributed by atoms with Crippen LogP contribution in [0.4, 0.5) is 0 Å². The van der Waals surface area contributed by atoms with Crippen LogP contribution < -0.4 is 5.32 Å². The number of nitrogens with one attached hydrogen (secondary N) is 1. The summed E-state index contributed by atoms with van der Waals surface area (Å²) in [4.78, 5) is 0. The Hall–Kier alpha value is -0.990. The molecule has 0 aromatic heterocycles. The maximum absolute atomic E-state index is 3.62. The number of hydrogen-bond acceptors (Lipinski definition) is 2. The topological polar surface area (TPSA) is 12.0 Å². The van der Waals surface area contributed by atoms with Crippen molar-refractivity contribution in [2.24, 2.45) is 0 Å². The van der Waals surface area contributed by atoms with Crippen LogP contribution in [-0.2, 0) is 0 Å². The molecule has 1 nitrogen and oxygen atoms in total. The van der Waals surface area contributed by atoms with E-state index in [4.69, 9.17) is 0 Å². The summed E-state index contributed by atoms with van der Waals surface area (Å²) in [6.45, 7) is 5.46. The van der Waals surface area contributed by atoms with E-state index < -0.39 is 0 Å². The van der Waals surface area contributed by atoms with Gasteiger partial charge in [0.2, 0.25) is 0 Å². The molecule has 0 fully saturated rings. The highest BCUT2D eigenvalue weighted by atomic mass is 32.2. The third-order valence-corrected chi connectivity index (χ3v) is 4.70. The predicted molar refractivity (Wildman–Crippen MR) is 92.6 cm³/mol. The molecule has 2 heteroatoms. The third-order valence-electron chi connectivity index (χ3n) is 3.55. The minimum Gasteiger partial charge on any atom is -0.310 e. The summed E-state index contributed by atoms with van der Waals surface area (Å²) < 4.78 is 0. The van der Waals surface area contributed by atoms with E-state index in [2.05, 4.69) is 73.4 Å². The first-order valence-electron chi connectivity index (χ1n) is 7.65. The van der Waals surface area contributed by atoms with Gasteiger partial charge in [0.05, 0.1) is 0 Å². The molecule has 1 unspecified atom stereocenters. The minimum atomic E-state index is 0.464. The van der Waals surface area contributed by atoms with Crippen molar-refractivity contribution in [3.05, 3.63) is 48.0 Å². The monoisotopic (exact) mass is 287 g/mol. The smallest absolute Gasteiger partial charge is 0.0411 e. The second-order valence-corrected chi connectivity index (χ2v) is 6.30. The zero-order chi connectivity index (χ0) is 14.2. The van der Waals surface area contributed by atoms with E-state index in [1.807, 2.05) is 0 Å². The van der Waals surface area contributed by atoms with Crippen LogP contribution in [0.25, 0.3) is 10.8 Å². The molecule has 0 bridgehead atoms. The Labute approximate surface area is 127 Å². The molecular formula is C18H25NS.